The van der Waals surface area contributed by atoms with Crippen LogP contribution in [0.5, 0.6) is 17.2 Å². The minimum Gasteiger partial charge on any atom is -0.466 e. The molecule has 0 heterocycles. The summed E-state index contributed by atoms with van der Waals surface area (Å²) in [5.74, 6) is -1.25. The summed E-state index contributed by atoms with van der Waals surface area (Å²) in [7, 11) is 0. The second kappa shape index (κ2) is 13.0. The Morgan fingerprint density at radius 3 is 2.29 bits per heavy atom. The van der Waals surface area contributed by atoms with Crippen LogP contribution in [0.15, 0.2) is 66.7 Å². The molecule has 0 fully saturated rings. The van der Waals surface area contributed by atoms with Crippen molar-refractivity contribution in [2.24, 2.45) is 5.92 Å². The zero-order valence-electron chi connectivity index (χ0n) is 20.7. The Hall–Kier alpha value is -3.30. The maximum Gasteiger partial charge on any atom is 0.461 e. The van der Waals surface area contributed by atoms with Gasteiger partial charge in [0, 0.05) is 5.02 Å². The van der Waals surface area contributed by atoms with E-state index in [9.17, 15) is 27.5 Å². The molecular formula is C28H27ClF4O5. The Balaban J connectivity index is 1.78. The molecule has 1 N–H and O–H groups in total. The van der Waals surface area contributed by atoms with Gasteiger partial charge in [-0.25, -0.2) is 0 Å². The number of aryl methyl sites for hydroxylation is 1. The number of ether oxygens (including phenoxy) is 3. The molecule has 0 aliphatic rings. The van der Waals surface area contributed by atoms with Crippen molar-refractivity contribution in [3.05, 3.63) is 88.4 Å². The number of carbonyl (C=O) groups excluding carboxylic acids is 1. The van der Waals surface area contributed by atoms with E-state index in [1.807, 2.05) is 13.0 Å². The summed E-state index contributed by atoms with van der Waals surface area (Å²) < 4.78 is 66.8. The highest BCUT2D eigenvalue weighted by atomic mass is 35.5. The number of alkyl halides is 4. The van der Waals surface area contributed by atoms with Crippen LogP contribution in [0.3, 0.4) is 0 Å². The second-order valence-electron chi connectivity index (χ2n) is 8.40. The first kappa shape index (κ1) is 29.3. The van der Waals surface area contributed by atoms with Gasteiger partial charge in [0.15, 0.2) is 0 Å². The Kier molecular flexibility index (Phi) is 9.99. The van der Waals surface area contributed by atoms with E-state index in [1.165, 1.54) is 12.1 Å². The summed E-state index contributed by atoms with van der Waals surface area (Å²) >= 11 is 6.15. The van der Waals surface area contributed by atoms with E-state index in [2.05, 4.69) is 4.74 Å². The van der Waals surface area contributed by atoms with E-state index in [-0.39, 0.29) is 13.0 Å². The summed E-state index contributed by atoms with van der Waals surface area (Å²) in [6.45, 7) is 3.64. The van der Waals surface area contributed by atoms with Crippen LogP contribution in [-0.4, -0.2) is 30.2 Å². The monoisotopic (exact) mass is 554 g/mol. The lowest BCUT2D eigenvalue weighted by Crippen LogP contribution is -2.33. The van der Waals surface area contributed by atoms with Crippen LogP contribution in [0, 0.1) is 5.92 Å². The maximum absolute atomic E-state index is 13.3. The molecule has 10 heteroatoms. The molecule has 38 heavy (non-hydrogen) atoms. The molecule has 204 valence electrons. The Bertz CT molecular complexity index is 1220. The summed E-state index contributed by atoms with van der Waals surface area (Å²) in [5.41, 5.74) is 1.62. The lowest BCUT2D eigenvalue weighted by Gasteiger charge is -2.23. The number of halogens is 5. The van der Waals surface area contributed by atoms with Gasteiger partial charge in [-0.1, -0.05) is 42.8 Å². The van der Waals surface area contributed by atoms with Gasteiger partial charge in [-0.3, -0.25) is 4.79 Å². The molecule has 0 radical (unpaired) electrons. The first-order valence-electron chi connectivity index (χ1n) is 11.9. The van der Waals surface area contributed by atoms with Crippen molar-refractivity contribution in [3.63, 3.8) is 0 Å². The first-order chi connectivity index (χ1) is 18.0. The van der Waals surface area contributed by atoms with Gasteiger partial charge in [-0.2, -0.15) is 17.6 Å². The van der Waals surface area contributed by atoms with Crippen LogP contribution >= 0.6 is 11.6 Å². The fraction of sp³-hybridized carbons (Fsp3) is 0.321. The van der Waals surface area contributed by atoms with Gasteiger partial charge in [0.05, 0.1) is 18.6 Å². The topological polar surface area (TPSA) is 65.0 Å². The third-order valence-corrected chi connectivity index (χ3v) is 6.06. The van der Waals surface area contributed by atoms with Crippen molar-refractivity contribution in [1.82, 2.24) is 0 Å². The van der Waals surface area contributed by atoms with Gasteiger partial charge in [0.25, 0.3) is 0 Å². The molecule has 3 aromatic rings. The molecule has 0 bridgehead atoms. The van der Waals surface area contributed by atoms with Gasteiger partial charge in [0.1, 0.15) is 17.2 Å². The molecule has 0 amide bonds. The summed E-state index contributed by atoms with van der Waals surface area (Å²) in [6.07, 6.45) is -9.40. The van der Waals surface area contributed by atoms with Crippen LogP contribution in [0.25, 0.3) is 0 Å². The number of carbonyl (C=O) groups is 1. The van der Waals surface area contributed by atoms with E-state index < -0.39 is 36.3 Å². The van der Waals surface area contributed by atoms with E-state index in [1.54, 1.807) is 43.3 Å². The van der Waals surface area contributed by atoms with Crippen LogP contribution in [0.2, 0.25) is 5.02 Å². The molecule has 0 aliphatic heterocycles. The van der Waals surface area contributed by atoms with Crippen LogP contribution < -0.4 is 9.47 Å². The number of hydrogen-bond donors (Lipinski definition) is 1. The SMILES string of the molecule is CCOC(=O)C(Cc1cccc(OC(F)(F)C(F)F)c1)C(O)c1ccc(Oc2ccc(Cl)c(CC)c2)cc1. The van der Waals surface area contributed by atoms with Crippen LogP contribution in [0.1, 0.15) is 36.6 Å². The third kappa shape index (κ3) is 7.61. The largest absolute Gasteiger partial charge is 0.466 e. The highest BCUT2D eigenvalue weighted by Crippen LogP contribution is 2.32. The van der Waals surface area contributed by atoms with Crippen molar-refractivity contribution < 1.29 is 41.7 Å². The highest BCUT2D eigenvalue weighted by Gasteiger charge is 2.44. The number of aliphatic hydroxyl groups excluding tert-OH is 1. The van der Waals surface area contributed by atoms with Crippen LogP contribution in [-0.2, 0) is 22.4 Å². The highest BCUT2D eigenvalue weighted by molar-refractivity contribution is 6.31. The molecule has 3 aromatic carbocycles. The van der Waals surface area contributed by atoms with E-state index in [0.29, 0.717) is 27.6 Å². The summed E-state index contributed by atoms with van der Waals surface area (Å²) in [6, 6.07) is 16.8. The minimum absolute atomic E-state index is 0.0550. The minimum atomic E-state index is -4.67. The average molecular weight is 555 g/mol. The van der Waals surface area contributed by atoms with E-state index in [0.717, 1.165) is 24.1 Å². The van der Waals surface area contributed by atoms with Crippen molar-refractivity contribution in [2.75, 3.05) is 6.61 Å². The maximum atomic E-state index is 13.3. The molecule has 3 rings (SSSR count). The zero-order valence-corrected chi connectivity index (χ0v) is 21.4. The molecular weight excluding hydrogens is 528 g/mol. The van der Waals surface area contributed by atoms with Crippen molar-refractivity contribution in [2.45, 2.75) is 45.3 Å². The predicted molar refractivity (Wildman–Crippen MR) is 134 cm³/mol. The third-order valence-electron chi connectivity index (χ3n) is 5.69. The molecule has 0 saturated carbocycles. The first-order valence-corrected chi connectivity index (χ1v) is 12.3. The molecule has 0 spiro atoms. The molecule has 5 nitrogen and oxygen atoms in total. The van der Waals surface area contributed by atoms with Gasteiger partial charge < -0.3 is 19.3 Å². The fourth-order valence-electron chi connectivity index (χ4n) is 3.75. The second-order valence-corrected chi connectivity index (χ2v) is 8.80. The molecule has 0 aliphatic carbocycles. The number of rotatable bonds is 12. The van der Waals surface area contributed by atoms with Crippen molar-refractivity contribution >= 4 is 17.6 Å². The van der Waals surface area contributed by atoms with Crippen molar-refractivity contribution in [3.8, 4) is 17.2 Å². The van der Waals surface area contributed by atoms with E-state index >= 15 is 0 Å². The smallest absolute Gasteiger partial charge is 0.461 e. The average Bonchev–Trinajstić information content (AvgIpc) is 2.88. The molecule has 2 unspecified atom stereocenters. The van der Waals surface area contributed by atoms with Gasteiger partial charge >= 0.3 is 18.5 Å². The standard InChI is InChI=1S/C28H27ClF4O5/c1-3-18-16-21(12-13-24(18)29)37-20-10-8-19(9-11-20)25(34)23(26(35)36-4-2)15-17-6-5-7-22(14-17)38-28(32,33)27(30)31/h5-14,16,23,25,27,34H,3-4,15H2,1-2H3. The predicted octanol–water partition coefficient (Wildman–Crippen LogP) is 7.39. The summed E-state index contributed by atoms with van der Waals surface area (Å²) in [4.78, 5) is 12.7. The Morgan fingerprint density at radius 2 is 1.66 bits per heavy atom. The molecule has 0 aromatic heterocycles. The number of esters is 1. The van der Waals surface area contributed by atoms with Gasteiger partial charge in [-0.05, 0) is 78.9 Å². The zero-order chi connectivity index (χ0) is 27.9. The van der Waals surface area contributed by atoms with Crippen molar-refractivity contribution in [1.29, 1.82) is 0 Å². The Labute approximate surface area is 222 Å². The normalized spacial score (nSPS) is 13.2. The fourth-order valence-corrected chi connectivity index (χ4v) is 4.00. The Morgan fingerprint density at radius 1 is 0.974 bits per heavy atom. The number of aliphatic hydroxyl groups is 1. The number of benzene rings is 3. The lowest BCUT2D eigenvalue weighted by molar-refractivity contribution is -0.253. The number of hydrogen-bond acceptors (Lipinski definition) is 5. The van der Waals surface area contributed by atoms with Gasteiger partial charge in [-0.15, -0.1) is 0 Å². The van der Waals surface area contributed by atoms with E-state index in [4.69, 9.17) is 21.1 Å². The van der Waals surface area contributed by atoms with Crippen LogP contribution in [0.4, 0.5) is 17.6 Å². The molecule has 0 saturated heterocycles. The summed E-state index contributed by atoms with van der Waals surface area (Å²) in [5, 5.41) is 11.7. The molecule has 2 atom stereocenters. The lowest BCUT2D eigenvalue weighted by atomic mass is 9.89. The van der Waals surface area contributed by atoms with Gasteiger partial charge in [0.2, 0.25) is 0 Å². The quantitative estimate of drug-likeness (QED) is 0.187.